The summed E-state index contributed by atoms with van der Waals surface area (Å²) in [5.74, 6) is 1.20. The number of hydrogen-bond acceptors (Lipinski definition) is 3. The highest BCUT2D eigenvalue weighted by atomic mass is 79.9. The molecule has 3 rings (SSSR count). The van der Waals surface area contributed by atoms with Gasteiger partial charge in [-0.05, 0) is 34.3 Å². The van der Waals surface area contributed by atoms with E-state index in [9.17, 15) is 9.90 Å². The number of benzene rings is 1. The van der Waals surface area contributed by atoms with Gasteiger partial charge in [-0.25, -0.2) is 0 Å². The van der Waals surface area contributed by atoms with Crippen LogP contribution in [0.4, 0.5) is 0 Å². The van der Waals surface area contributed by atoms with Crippen molar-refractivity contribution in [3.8, 4) is 5.75 Å². The second-order valence-electron chi connectivity index (χ2n) is 7.54. The Balaban J connectivity index is 1.81. The zero-order valence-corrected chi connectivity index (χ0v) is 17.3. The third-order valence-corrected chi connectivity index (χ3v) is 6.33. The lowest BCUT2D eigenvalue weighted by Crippen LogP contribution is -2.17. The van der Waals surface area contributed by atoms with E-state index < -0.39 is 6.10 Å². The van der Waals surface area contributed by atoms with Gasteiger partial charge >= 0.3 is 0 Å². The first-order valence-corrected chi connectivity index (χ1v) is 10.7. The van der Waals surface area contributed by atoms with Crippen molar-refractivity contribution in [3.63, 3.8) is 0 Å². The number of hydrogen-bond donors (Lipinski definition) is 1. The molecule has 1 aliphatic heterocycles. The number of allylic oxidation sites excluding steroid dienone is 1. The number of fused-ring (bicyclic) bond motifs is 3. The van der Waals surface area contributed by atoms with Crippen LogP contribution in [0.15, 0.2) is 28.8 Å². The number of aliphatic hydroxyl groups excluding tert-OH is 1. The minimum atomic E-state index is -0.469. The topological polar surface area (TPSA) is 46.5 Å². The average Bonchev–Trinajstić information content (AvgIpc) is 3.12. The smallest absolute Gasteiger partial charge is 0.169 e. The van der Waals surface area contributed by atoms with Gasteiger partial charge < -0.3 is 9.84 Å². The summed E-state index contributed by atoms with van der Waals surface area (Å²) in [6.45, 7) is 4.31. The first kappa shape index (κ1) is 19.6. The maximum absolute atomic E-state index is 12.4. The maximum Gasteiger partial charge on any atom is 0.169 e. The molecule has 1 saturated carbocycles. The molecule has 3 nitrogen and oxygen atoms in total. The lowest BCUT2D eigenvalue weighted by molar-refractivity contribution is -0.115. The predicted molar refractivity (Wildman–Crippen MR) is 108 cm³/mol. The van der Waals surface area contributed by atoms with E-state index in [-0.39, 0.29) is 23.7 Å². The third-order valence-electron chi connectivity index (χ3n) is 5.62. The summed E-state index contributed by atoms with van der Waals surface area (Å²) < 4.78 is 6.86. The van der Waals surface area contributed by atoms with Crippen LogP contribution in [0.5, 0.6) is 5.75 Å². The van der Waals surface area contributed by atoms with Gasteiger partial charge in [0.05, 0.1) is 10.6 Å². The molecule has 1 fully saturated rings. The van der Waals surface area contributed by atoms with Gasteiger partial charge in [-0.15, -0.1) is 0 Å². The lowest BCUT2D eigenvalue weighted by atomic mass is 9.86. The molecule has 26 heavy (non-hydrogen) atoms. The molecule has 0 radical (unpaired) electrons. The van der Waals surface area contributed by atoms with Gasteiger partial charge in [0.15, 0.2) is 5.78 Å². The number of ether oxygens (including phenoxy) is 1. The summed E-state index contributed by atoms with van der Waals surface area (Å²) >= 11 is 3.47. The van der Waals surface area contributed by atoms with E-state index in [2.05, 4.69) is 48.0 Å². The minimum Gasteiger partial charge on any atom is -0.489 e. The van der Waals surface area contributed by atoms with E-state index in [0.29, 0.717) is 17.3 Å². The molecule has 1 aromatic carbocycles. The van der Waals surface area contributed by atoms with Crippen LogP contribution >= 0.6 is 15.9 Å². The molecule has 0 spiro atoms. The van der Waals surface area contributed by atoms with Crippen LogP contribution in [0, 0.1) is 5.92 Å². The number of aryl methyl sites for hydroxylation is 1. The molecule has 0 saturated heterocycles. The Morgan fingerprint density at radius 2 is 2.12 bits per heavy atom. The molecule has 1 N–H and O–H groups in total. The molecule has 1 aliphatic carbocycles. The highest BCUT2D eigenvalue weighted by Gasteiger charge is 2.49. The number of rotatable bonds is 8. The van der Waals surface area contributed by atoms with Crippen molar-refractivity contribution in [1.82, 2.24) is 0 Å². The number of Topliss-reactive ketones (excluding diaryl/α,β-unsaturated/α-hetero) is 1. The van der Waals surface area contributed by atoms with Crippen LogP contribution < -0.4 is 4.74 Å². The van der Waals surface area contributed by atoms with Gasteiger partial charge in [0.2, 0.25) is 0 Å². The van der Waals surface area contributed by atoms with Crippen LogP contribution in [0.1, 0.15) is 69.4 Å². The van der Waals surface area contributed by atoms with Crippen LogP contribution in [0.25, 0.3) is 0 Å². The molecular formula is C22H29BrO3. The standard InChI is InChI=1S/C22H29BrO3/c1-3-5-6-11-18(24)17(23)12-16-19(25)13-20-21(16)15-10-7-9-14(8-4-2)22(15)26-20/h7,9-10,12,16,19-21,25H,3-6,8,11,13H2,1-2H3/b17-12-/t16-,19+,20-,21+/m0/s1. The first-order chi connectivity index (χ1) is 12.6. The fourth-order valence-electron chi connectivity index (χ4n) is 4.32. The number of para-hydroxylation sites is 1. The molecule has 0 unspecified atom stereocenters. The van der Waals surface area contributed by atoms with Gasteiger partial charge in [-0.1, -0.05) is 57.4 Å². The van der Waals surface area contributed by atoms with Gasteiger partial charge in [-0.2, -0.15) is 0 Å². The molecule has 0 aromatic heterocycles. The quantitative estimate of drug-likeness (QED) is 0.458. The van der Waals surface area contributed by atoms with Crippen LogP contribution in [-0.2, 0) is 11.2 Å². The van der Waals surface area contributed by atoms with Gasteiger partial charge in [0.25, 0.3) is 0 Å². The maximum atomic E-state index is 12.4. The molecule has 142 valence electrons. The molecule has 0 bridgehead atoms. The van der Waals surface area contributed by atoms with Crippen molar-refractivity contribution in [3.05, 3.63) is 39.9 Å². The molecule has 1 heterocycles. The number of unbranched alkanes of at least 4 members (excludes halogenated alkanes) is 2. The molecule has 4 heteroatoms. The first-order valence-electron chi connectivity index (χ1n) is 9.93. The Kier molecular flexibility index (Phi) is 6.57. The fraction of sp³-hybridized carbons (Fsp3) is 0.591. The van der Waals surface area contributed by atoms with Gasteiger partial charge in [-0.3, -0.25) is 4.79 Å². The number of halogens is 1. The normalized spacial score (nSPS) is 27.2. The number of aliphatic hydroxyl groups is 1. The van der Waals surface area contributed by atoms with Gasteiger partial charge in [0, 0.05) is 30.2 Å². The number of carbonyl (C=O) groups excluding carboxylic acids is 1. The molecule has 0 amide bonds. The summed E-state index contributed by atoms with van der Waals surface area (Å²) in [6, 6.07) is 6.35. The van der Waals surface area contributed by atoms with E-state index in [1.807, 2.05) is 6.08 Å². The van der Waals surface area contributed by atoms with Crippen molar-refractivity contribution < 1.29 is 14.6 Å². The predicted octanol–water partition coefficient (Wildman–Crippen LogP) is 5.29. The van der Waals surface area contributed by atoms with E-state index in [1.54, 1.807) is 0 Å². The minimum absolute atomic E-state index is 0.00903. The van der Waals surface area contributed by atoms with Crippen molar-refractivity contribution in [2.45, 2.75) is 76.9 Å². The summed E-state index contributed by atoms with van der Waals surface area (Å²) in [7, 11) is 0. The van der Waals surface area contributed by atoms with Gasteiger partial charge in [0.1, 0.15) is 11.9 Å². The van der Waals surface area contributed by atoms with Crippen LogP contribution in [-0.4, -0.2) is 23.1 Å². The van der Waals surface area contributed by atoms with E-state index >= 15 is 0 Å². The SMILES string of the molecule is CCCCCC(=O)/C(Br)=C/[C@@H]1[C@H]2c3cccc(CCC)c3O[C@H]2C[C@H]1O. The Morgan fingerprint density at radius 3 is 2.85 bits per heavy atom. The molecule has 1 aromatic rings. The largest absolute Gasteiger partial charge is 0.489 e. The summed E-state index contributed by atoms with van der Waals surface area (Å²) in [5.41, 5.74) is 2.45. The van der Waals surface area contributed by atoms with Crippen molar-refractivity contribution in [2.24, 2.45) is 5.92 Å². The van der Waals surface area contributed by atoms with Crippen LogP contribution in [0.2, 0.25) is 0 Å². The average molecular weight is 421 g/mol. The van der Waals surface area contributed by atoms with E-state index in [1.165, 1.54) is 11.1 Å². The highest BCUT2D eigenvalue weighted by molar-refractivity contribution is 9.12. The third kappa shape index (κ3) is 3.91. The number of carbonyl (C=O) groups is 1. The molecular weight excluding hydrogens is 392 g/mol. The van der Waals surface area contributed by atoms with Crippen molar-refractivity contribution >= 4 is 21.7 Å². The van der Waals surface area contributed by atoms with E-state index in [4.69, 9.17) is 4.74 Å². The number of ketones is 1. The summed E-state index contributed by atoms with van der Waals surface area (Å²) in [6.07, 6.45) is 7.85. The van der Waals surface area contributed by atoms with Crippen LogP contribution in [0.3, 0.4) is 0 Å². The van der Waals surface area contributed by atoms with Crippen molar-refractivity contribution in [1.29, 1.82) is 0 Å². The Hall–Kier alpha value is -1.13. The van der Waals surface area contributed by atoms with E-state index in [0.717, 1.165) is 37.9 Å². The second kappa shape index (κ2) is 8.71. The Bertz CT molecular complexity index is 682. The zero-order valence-electron chi connectivity index (χ0n) is 15.7. The Morgan fingerprint density at radius 1 is 1.31 bits per heavy atom. The highest BCUT2D eigenvalue weighted by Crippen LogP contribution is 2.52. The molecule has 4 atom stereocenters. The second-order valence-corrected chi connectivity index (χ2v) is 8.40. The summed E-state index contributed by atoms with van der Waals surface area (Å²) in [4.78, 5) is 12.4. The van der Waals surface area contributed by atoms with Crippen molar-refractivity contribution in [2.75, 3.05) is 0 Å². The zero-order chi connectivity index (χ0) is 18.7. The monoisotopic (exact) mass is 420 g/mol. The summed E-state index contributed by atoms with van der Waals surface area (Å²) in [5, 5.41) is 10.6. The lowest BCUT2D eigenvalue weighted by Gasteiger charge is -2.18. The fourth-order valence-corrected chi connectivity index (χ4v) is 4.82. The molecule has 2 aliphatic rings. The Labute approximate surface area is 165 Å².